The van der Waals surface area contributed by atoms with Crippen LogP contribution in [0.4, 0.5) is 10.1 Å². The van der Waals surface area contributed by atoms with E-state index < -0.39 is 24.3 Å². The van der Waals surface area contributed by atoms with Crippen LogP contribution in [0.2, 0.25) is 0 Å². The molecule has 0 aliphatic carbocycles. The van der Waals surface area contributed by atoms with Gasteiger partial charge >= 0.3 is 5.97 Å². The fraction of sp³-hybridized carbons (Fsp3) is 0.111. The van der Waals surface area contributed by atoms with Gasteiger partial charge < -0.3 is 10.1 Å². The number of thioether (sulfide) groups is 1. The minimum atomic E-state index is -0.622. The van der Waals surface area contributed by atoms with Gasteiger partial charge in [0.25, 0.3) is 5.91 Å². The van der Waals surface area contributed by atoms with Gasteiger partial charge in [-0.15, -0.1) is 0 Å². The second-order valence-electron chi connectivity index (χ2n) is 4.85. The van der Waals surface area contributed by atoms with Crippen LogP contribution in [0.25, 0.3) is 0 Å². The number of amides is 1. The molecule has 0 aromatic heterocycles. The van der Waals surface area contributed by atoms with Gasteiger partial charge in [-0.1, -0.05) is 36.0 Å². The quantitative estimate of drug-likeness (QED) is 0.490. The molecule has 0 saturated heterocycles. The van der Waals surface area contributed by atoms with Gasteiger partial charge in [-0.3, -0.25) is 4.79 Å². The highest BCUT2D eigenvalue weighted by Crippen LogP contribution is 2.17. The fourth-order valence-electron chi connectivity index (χ4n) is 1.72. The van der Waals surface area contributed by atoms with Crippen molar-refractivity contribution in [2.75, 3.05) is 11.9 Å². The smallest absolute Gasteiger partial charge is 0.331 e. The van der Waals surface area contributed by atoms with E-state index in [0.717, 1.165) is 4.90 Å². The Bertz CT molecular complexity index is 747. The molecule has 1 N–H and O–H groups in total. The summed E-state index contributed by atoms with van der Waals surface area (Å²) in [6, 6.07) is 13.9. The maximum absolute atomic E-state index is 13.4. The Kier molecular flexibility index (Phi) is 6.57. The lowest BCUT2D eigenvalue weighted by atomic mass is 10.2. The van der Waals surface area contributed by atoms with Gasteiger partial charge in [-0.05, 0) is 42.2 Å². The van der Waals surface area contributed by atoms with Crippen LogP contribution in [-0.2, 0) is 14.3 Å². The Balaban J connectivity index is 1.74. The van der Waals surface area contributed by atoms with Crippen LogP contribution in [0.1, 0.15) is 5.56 Å². The molecule has 24 heavy (non-hydrogen) atoms. The van der Waals surface area contributed by atoms with Crippen molar-refractivity contribution in [3.63, 3.8) is 0 Å². The van der Waals surface area contributed by atoms with Crippen molar-refractivity contribution < 1.29 is 18.7 Å². The molecule has 2 aromatic rings. The van der Waals surface area contributed by atoms with Crippen molar-refractivity contribution in [3.05, 3.63) is 71.4 Å². The normalized spacial score (nSPS) is 10.6. The lowest BCUT2D eigenvalue weighted by molar-refractivity contribution is -0.142. The first-order valence-electron chi connectivity index (χ1n) is 7.15. The summed E-state index contributed by atoms with van der Waals surface area (Å²) < 4.78 is 18.2. The summed E-state index contributed by atoms with van der Waals surface area (Å²) in [4.78, 5) is 24.2. The minimum absolute atomic E-state index is 0.314. The molecule has 0 aliphatic rings. The summed E-state index contributed by atoms with van der Waals surface area (Å²) in [5, 5.41) is 4.05. The maximum atomic E-state index is 13.4. The third kappa shape index (κ3) is 5.89. The first kappa shape index (κ1) is 17.7. The van der Waals surface area contributed by atoms with Crippen LogP contribution in [-0.4, -0.2) is 18.5 Å². The predicted octanol–water partition coefficient (Wildman–Crippen LogP) is 3.92. The minimum Gasteiger partial charge on any atom is -0.452 e. The molecule has 0 saturated carbocycles. The number of carbonyl (C=O) groups excluding carboxylic acids is 2. The molecule has 2 rings (SSSR count). The molecule has 124 valence electrons. The molecule has 0 heterocycles. The zero-order chi connectivity index (χ0) is 17.4. The third-order valence-electron chi connectivity index (χ3n) is 2.95. The number of aryl methyl sites for hydroxylation is 1. The summed E-state index contributed by atoms with van der Waals surface area (Å²) in [6.07, 6.45) is 1.25. The fourth-order valence-corrected chi connectivity index (χ4v) is 2.37. The summed E-state index contributed by atoms with van der Waals surface area (Å²) in [5.74, 6) is -1.56. The second kappa shape index (κ2) is 8.88. The maximum Gasteiger partial charge on any atom is 0.331 e. The van der Waals surface area contributed by atoms with Gasteiger partial charge in [0, 0.05) is 16.7 Å². The first-order chi connectivity index (χ1) is 11.5. The number of rotatable bonds is 6. The number of anilines is 1. The van der Waals surface area contributed by atoms with E-state index in [1.807, 2.05) is 30.3 Å². The lowest BCUT2D eigenvalue weighted by Crippen LogP contribution is -2.20. The van der Waals surface area contributed by atoms with Crippen LogP contribution in [0, 0.1) is 12.7 Å². The lowest BCUT2D eigenvalue weighted by Gasteiger charge is -2.06. The summed E-state index contributed by atoms with van der Waals surface area (Å²) in [7, 11) is 0. The van der Waals surface area contributed by atoms with Crippen molar-refractivity contribution in [3.8, 4) is 0 Å². The Hall–Kier alpha value is -2.60. The molecular formula is C18H16FNO3S. The van der Waals surface area contributed by atoms with Crippen LogP contribution in [0.3, 0.4) is 0 Å². The van der Waals surface area contributed by atoms with E-state index in [-0.39, 0.29) is 0 Å². The molecule has 0 spiro atoms. The number of hydrogen-bond acceptors (Lipinski definition) is 4. The van der Waals surface area contributed by atoms with Gasteiger partial charge in [-0.2, -0.15) is 0 Å². The number of hydrogen-bond donors (Lipinski definition) is 1. The van der Waals surface area contributed by atoms with E-state index in [9.17, 15) is 14.0 Å². The molecule has 0 radical (unpaired) electrons. The molecule has 4 nitrogen and oxygen atoms in total. The summed E-state index contributed by atoms with van der Waals surface area (Å²) in [5.41, 5.74) is 0.801. The average molecular weight is 345 g/mol. The topological polar surface area (TPSA) is 55.4 Å². The van der Waals surface area contributed by atoms with Gasteiger partial charge in [0.05, 0.1) is 0 Å². The number of carbonyl (C=O) groups is 2. The number of halogens is 1. The number of benzene rings is 2. The van der Waals surface area contributed by atoms with Crippen molar-refractivity contribution in [1.82, 2.24) is 0 Å². The molecule has 6 heteroatoms. The number of ether oxygens (including phenoxy) is 1. The van der Waals surface area contributed by atoms with Crippen molar-refractivity contribution in [1.29, 1.82) is 0 Å². The highest BCUT2D eigenvalue weighted by Gasteiger charge is 2.07. The molecule has 0 atom stereocenters. The zero-order valence-corrected chi connectivity index (χ0v) is 13.8. The van der Waals surface area contributed by atoms with Crippen LogP contribution < -0.4 is 5.32 Å². The average Bonchev–Trinajstić information content (AvgIpc) is 2.57. The molecule has 1 amide bonds. The summed E-state index contributed by atoms with van der Waals surface area (Å²) >= 11 is 1.36. The molecular weight excluding hydrogens is 329 g/mol. The van der Waals surface area contributed by atoms with Crippen molar-refractivity contribution in [2.45, 2.75) is 11.8 Å². The van der Waals surface area contributed by atoms with Gasteiger partial charge in [0.2, 0.25) is 0 Å². The number of nitrogens with one attached hydrogen (secondary N) is 1. The van der Waals surface area contributed by atoms with Crippen molar-refractivity contribution >= 4 is 29.3 Å². The van der Waals surface area contributed by atoms with Crippen LogP contribution in [0.5, 0.6) is 0 Å². The van der Waals surface area contributed by atoms with Crippen molar-refractivity contribution in [2.24, 2.45) is 0 Å². The molecule has 0 bridgehead atoms. The van der Waals surface area contributed by atoms with Crippen LogP contribution in [0.15, 0.2) is 64.9 Å². The van der Waals surface area contributed by atoms with E-state index in [2.05, 4.69) is 5.32 Å². The van der Waals surface area contributed by atoms with E-state index in [1.54, 1.807) is 24.5 Å². The largest absolute Gasteiger partial charge is 0.452 e. The Morgan fingerprint density at radius 1 is 1.21 bits per heavy atom. The Labute approximate surface area is 143 Å². The SMILES string of the molecule is Cc1ccc(NC(=O)COC(=O)/C=C/Sc2ccccc2)cc1F. The van der Waals surface area contributed by atoms with E-state index >= 15 is 0 Å². The van der Waals surface area contributed by atoms with Gasteiger partial charge in [0.15, 0.2) is 6.61 Å². The van der Waals surface area contributed by atoms with E-state index in [1.165, 1.54) is 23.9 Å². The predicted molar refractivity (Wildman–Crippen MR) is 92.2 cm³/mol. The first-order valence-corrected chi connectivity index (χ1v) is 8.03. The monoisotopic (exact) mass is 345 g/mol. The number of esters is 1. The summed E-state index contributed by atoms with van der Waals surface area (Å²) in [6.45, 7) is 1.19. The van der Waals surface area contributed by atoms with E-state index in [4.69, 9.17) is 4.74 Å². The Morgan fingerprint density at radius 3 is 2.67 bits per heavy atom. The third-order valence-corrected chi connectivity index (χ3v) is 3.77. The molecule has 0 aliphatic heterocycles. The highest BCUT2D eigenvalue weighted by molar-refractivity contribution is 8.02. The van der Waals surface area contributed by atoms with Gasteiger partial charge in [-0.25, -0.2) is 9.18 Å². The van der Waals surface area contributed by atoms with Crippen LogP contribution >= 0.6 is 11.8 Å². The van der Waals surface area contributed by atoms with Gasteiger partial charge in [0.1, 0.15) is 5.82 Å². The standard InChI is InChI=1S/C18H16FNO3S/c1-13-7-8-14(11-16(13)19)20-17(21)12-23-18(22)9-10-24-15-5-3-2-4-6-15/h2-11H,12H2,1H3,(H,20,21)/b10-9+. The molecule has 2 aromatic carbocycles. The van der Waals surface area contributed by atoms with E-state index in [0.29, 0.717) is 11.3 Å². The molecule has 0 unspecified atom stereocenters. The zero-order valence-electron chi connectivity index (χ0n) is 13.0. The second-order valence-corrected chi connectivity index (χ2v) is 5.83. The molecule has 0 fully saturated rings. The Morgan fingerprint density at radius 2 is 1.96 bits per heavy atom. The highest BCUT2D eigenvalue weighted by atomic mass is 32.2.